The fraction of sp³-hybridized carbons (Fsp3) is 0.455. The average Bonchev–Trinajstić information content (AvgIpc) is 2.89. The molecular formula is C11H17N5S. The van der Waals surface area contributed by atoms with E-state index in [1.54, 1.807) is 11.3 Å². The fourth-order valence-electron chi connectivity index (χ4n) is 1.66. The SMILES string of the molecule is CN(C)c1ncc(CNCc2cncs2)n1C. The summed E-state index contributed by atoms with van der Waals surface area (Å²) in [5.41, 5.74) is 3.03. The van der Waals surface area contributed by atoms with E-state index in [4.69, 9.17) is 0 Å². The minimum absolute atomic E-state index is 0.815. The molecule has 5 nitrogen and oxygen atoms in total. The summed E-state index contributed by atoms with van der Waals surface area (Å²) < 4.78 is 2.10. The van der Waals surface area contributed by atoms with Crippen molar-refractivity contribution in [2.45, 2.75) is 13.1 Å². The van der Waals surface area contributed by atoms with Crippen LogP contribution in [0.3, 0.4) is 0 Å². The highest BCUT2D eigenvalue weighted by Crippen LogP contribution is 2.11. The van der Waals surface area contributed by atoms with E-state index in [0.717, 1.165) is 19.0 Å². The van der Waals surface area contributed by atoms with Gasteiger partial charge in [-0.15, -0.1) is 11.3 Å². The van der Waals surface area contributed by atoms with Crippen molar-refractivity contribution in [3.63, 3.8) is 0 Å². The lowest BCUT2D eigenvalue weighted by Gasteiger charge is -2.12. The summed E-state index contributed by atoms with van der Waals surface area (Å²) in [5, 5.41) is 3.39. The normalized spacial score (nSPS) is 10.8. The Morgan fingerprint density at radius 2 is 2.18 bits per heavy atom. The van der Waals surface area contributed by atoms with E-state index in [1.807, 2.05) is 43.9 Å². The van der Waals surface area contributed by atoms with Gasteiger partial charge in [0.25, 0.3) is 0 Å². The minimum Gasteiger partial charge on any atom is -0.348 e. The second-order valence-electron chi connectivity index (χ2n) is 4.07. The molecule has 0 atom stereocenters. The second kappa shape index (κ2) is 5.29. The molecule has 0 aliphatic carbocycles. The fourth-order valence-corrected chi connectivity index (χ4v) is 2.22. The summed E-state index contributed by atoms with van der Waals surface area (Å²) in [5.74, 6) is 0.972. The van der Waals surface area contributed by atoms with E-state index in [9.17, 15) is 0 Å². The largest absolute Gasteiger partial charge is 0.348 e. The molecule has 1 N–H and O–H groups in total. The van der Waals surface area contributed by atoms with Crippen molar-refractivity contribution < 1.29 is 0 Å². The van der Waals surface area contributed by atoms with Gasteiger partial charge in [0.2, 0.25) is 5.95 Å². The lowest BCUT2D eigenvalue weighted by molar-refractivity contribution is 0.659. The van der Waals surface area contributed by atoms with Crippen molar-refractivity contribution in [2.24, 2.45) is 7.05 Å². The number of hydrogen-bond acceptors (Lipinski definition) is 5. The molecule has 0 aliphatic rings. The van der Waals surface area contributed by atoms with Gasteiger partial charge >= 0.3 is 0 Å². The maximum absolute atomic E-state index is 4.37. The summed E-state index contributed by atoms with van der Waals surface area (Å²) in [7, 11) is 6.03. The zero-order valence-electron chi connectivity index (χ0n) is 10.3. The predicted molar refractivity (Wildman–Crippen MR) is 70.2 cm³/mol. The number of anilines is 1. The van der Waals surface area contributed by atoms with Crippen molar-refractivity contribution in [3.8, 4) is 0 Å². The monoisotopic (exact) mass is 251 g/mol. The van der Waals surface area contributed by atoms with Gasteiger partial charge in [-0.25, -0.2) is 4.98 Å². The van der Waals surface area contributed by atoms with Gasteiger partial charge in [-0.1, -0.05) is 0 Å². The molecule has 0 aromatic carbocycles. The first kappa shape index (κ1) is 12.1. The van der Waals surface area contributed by atoms with Gasteiger partial charge in [-0.3, -0.25) is 4.98 Å². The molecule has 0 spiro atoms. The highest BCUT2D eigenvalue weighted by atomic mass is 32.1. The lowest BCUT2D eigenvalue weighted by Crippen LogP contribution is -2.17. The van der Waals surface area contributed by atoms with Gasteiger partial charge in [0.05, 0.1) is 17.4 Å². The number of nitrogens with one attached hydrogen (secondary N) is 1. The molecule has 0 aliphatic heterocycles. The molecule has 0 fully saturated rings. The van der Waals surface area contributed by atoms with Crippen molar-refractivity contribution in [3.05, 3.63) is 28.5 Å². The first-order valence-corrected chi connectivity index (χ1v) is 6.32. The molecule has 0 unspecified atom stereocenters. The third-order valence-electron chi connectivity index (χ3n) is 2.55. The van der Waals surface area contributed by atoms with Crippen LogP contribution >= 0.6 is 11.3 Å². The van der Waals surface area contributed by atoms with Crippen molar-refractivity contribution in [1.82, 2.24) is 19.9 Å². The van der Waals surface area contributed by atoms with E-state index in [2.05, 4.69) is 19.9 Å². The Labute approximate surface area is 105 Å². The summed E-state index contributed by atoms with van der Waals surface area (Å²) >= 11 is 1.67. The third-order valence-corrected chi connectivity index (χ3v) is 3.33. The predicted octanol–water partition coefficient (Wildman–Crippen LogP) is 1.23. The van der Waals surface area contributed by atoms with E-state index < -0.39 is 0 Å². The topological polar surface area (TPSA) is 46.0 Å². The van der Waals surface area contributed by atoms with Crippen LogP contribution in [0.25, 0.3) is 0 Å². The summed E-state index contributed by atoms with van der Waals surface area (Å²) in [4.78, 5) is 11.7. The van der Waals surface area contributed by atoms with Crippen LogP contribution in [0.2, 0.25) is 0 Å². The van der Waals surface area contributed by atoms with Gasteiger partial charge in [0, 0.05) is 45.3 Å². The molecule has 0 bridgehead atoms. The van der Waals surface area contributed by atoms with Gasteiger partial charge in [-0.2, -0.15) is 0 Å². The smallest absolute Gasteiger partial charge is 0.204 e. The first-order valence-electron chi connectivity index (χ1n) is 5.44. The Kier molecular flexibility index (Phi) is 3.75. The van der Waals surface area contributed by atoms with Crippen LogP contribution in [-0.2, 0) is 20.1 Å². The number of aromatic nitrogens is 3. The number of imidazole rings is 1. The van der Waals surface area contributed by atoms with Crippen molar-refractivity contribution in [2.75, 3.05) is 19.0 Å². The van der Waals surface area contributed by atoms with Crippen LogP contribution in [0.5, 0.6) is 0 Å². The quantitative estimate of drug-likeness (QED) is 0.868. The van der Waals surface area contributed by atoms with E-state index in [0.29, 0.717) is 0 Å². The van der Waals surface area contributed by atoms with Crippen LogP contribution in [0.1, 0.15) is 10.6 Å². The van der Waals surface area contributed by atoms with Gasteiger partial charge in [-0.05, 0) is 0 Å². The Bertz CT molecular complexity index is 460. The zero-order chi connectivity index (χ0) is 12.3. The van der Waals surface area contributed by atoms with Crippen molar-refractivity contribution >= 4 is 17.3 Å². The highest BCUT2D eigenvalue weighted by Gasteiger charge is 2.07. The minimum atomic E-state index is 0.815. The number of nitrogens with zero attached hydrogens (tertiary/aromatic N) is 4. The zero-order valence-corrected chi connectivity index (χ0v) is 11.2. The lowest BCUT2D eigenvalue weighted by atomic mass is 10.4. The molecule has 17 heavy (non-hydrogen) atoms. The first-order chi connectivity index (χ1) is 8.18. The number of rotatable bonds is 5. The highest BCUT2D eigenvalue weighted by molar-refractivity contribution is 7.09. The van der Waals surface area contributed by atoms with Crippen LogP contribution < -0.4 is 10.2 Å². The Balaban J connectivity index is 1.91. The van der Waals surface area contributed by atoms with E-state index >= 15 is 0 Å². The Hall–Kier alpha value is -1.40. The standard InChI is InChI=1S/C11H17N5S/c1-15(2)11-14-5-9(16(11)3)4-12-6-10-7-13-8-17-10/h5,7-8,12H,4,6H2,1-3H3. The number of hydrogen-bond donors (Lipinski definition) is 1. The molecule has 92 valence electrons. The second-order valence-corrected chi connectivity index (χ2v) is 5.05. The summed E-state index contributed by atoms with van der Waals surface area (Å²) in [6.45, 7) is 1.67. The van der Waals surface area contributed by atoms with Gasteiger partial charge < -0.3 is 14.8 Å². The van der Waals surface area contributed by atoms with Crippen LogP contribution in [-0.4, -0.2) is 28.6 Å². The molecule has 2 aromatic rings. The molecule has 2 aromatic heterocycles. The molecule has 2 rings (SSSR count). The molecule has 6 heteroatoms. The van der Waals surface area contributed by atoms with Crippen molar-refractivity contribution in [1.29, 1.82) is 0 Å². The number of thiazole rings is 1. The molecular weight excluding hydrogens is 234 g/mol. The summed E-state index contributed by atoms with van der Waals surface area (Å²) in [6, 6.07) is 0. The molecule has 0 radical (unpaired) electrons. The van der Waals surface area contributed by atoms with Crippen LogP contribution in [0, 0.1) is 0 Å². The third kappa shape index (κ3) is 2.83. The molecule has 0 amide bonds. The maximum Gasteiger partial charge on any atom is 0.204 e. The maximum atomic E-state index is 4.37. The van der Waals surface area contributed by atoms with Gasteiger partial charge in [0.1, 0.15) is 0 Å². The molecule has 2 heterocycles. The van der Waals surface area contributed by atoms with Crippen LogP contribution in [0.4, 0.5) is 5.95 Å². The Morgan fingerprint density at radius 1 is 1.35 bits per heavy atom. The Morgan fingerprint density at radius 3 is 2.76 bits per heavy atom. The van der Waals surface area contributed by atoms with Crippen LogP contribution in [0.15, 0.2) is 17.9 Å². The van der Waals surface area contributed by atoms with E-state index in [1.165, 1.54) is 10.6 Å². The molecule has 0 saturated carbocycles. The molecule has 0 saturated heterocycles. The van der Waals surface area contributed by atoms with E-state index in [-0.39, 0.29) is 0 Å². The average molecular weight is 251 g/mol. The van der Waals surface area contributed by atoms with Gasteiger partial charge in [0.15, 0.2) is 0 Å². The summed E-state index contributed by atoms with van der Waals surface area (Å²) in [6.07, 6.45) is 3.81.